The normalized spacial score (nSPS) is 10.1. The highest BCUT2D eigenvalue weighted by molar-refractivity contribution is 5.99. The first kappa shape index (κ1) is 9.39. The number of carbonyl (C=O) groups is 1. The summed E-state index contributed by atoms with van der Waals surface area (Å²) >= 11 is 0. The van der Waals surface area contributed by atoms with E-state index in [2.05, 4.69) is 9.97 Å². The molecule has 15 heavy (non-hydrogen) atoms. The van der Waals surface area contributed by atoms with Gasteiger partial charge in [0.15, 0.2) is 5.78 Å². The molecule has 2 heterocycles. The van der Waals surface area contributed by atoms with Gasteiger partial charge in [0.2, 0.25) is 0 Å². The van der Waals surface area contributed by atoms with E-state index in [9.17, 15) is 4.79 Å². The minimum atomic E-state index is -0.0707. The summed E-state index contributed by atoms with van der Waals surface area (Å²) in [6.07, 6.45) is 6.50. The number of nitrogens with two attached hydrogens (primary N) is 1. The zero-order valence-corrected chi connectivity index (χ0v) is 8.00. The Hall–Kier alpha value is -2.17. The Labute approximate surface area is 86.6 Å². The summed E-state index contributed by atoms with van der Waals surface area (Å²) in [6.45, 7) is 0.232. The third-order valence-corrected chi connectivity index (χ3v) is 2.02. The van der Waals surface area contributed by atoms with Crippen molar-refractivity contribution in [3.05, 3.63) is 42.6 Å². The number of rotatable bonds is 3. The van der Waals surface area contributed by atoms with Crippen molar-refractivity contribution in [3.63, 3.8) is 0 Å². The second kappa shape index (κ2) is 3.91. The number of nitrogen functional groups attached to an aromatic ring is 1. The fraction of sp³-hybridized carbons (Fsp3) is 0.100. The molecule has 2 aromatic heterocycles. The Morgan fingerprint density at radius 3 is 3.00 bits per heavy atom. The number of Topliss-reactive ketones (excluding diaryl/α,β-unsaturated/α-hetero) is 1. The van der Waals surface area contributed by atoms with E-state index in [0.717, 1.165) is 0 Å². The summed E-state index contributed by atoms with van der Waals surface area (Å²) in [6, 6.07) is 3.36. The Morgan fingerprint density at radius 1 is 1.47 bits per heavy atom. The van der Waals surface area contributed by atoms with Crippen LogP contribution in [-0.2, 0) is 6.54 Å². The van der Waals surface area contributed by atoms with Gasteiger partial charge in [-0.2, -0.15) is 0 Å². The molecular weight excluding hydrogens is 192 g/mol. The van der Waals surface area contributed by atoms with E-state index in [1.54, 1.807) is 41.6 Å². The van der Waals surface area contributed by atoms with Crippen molar-refractivity contribution in [3.8, 4) is 0 Å². The van der Waals surface area contributed by atoms with Gasteiger partial charge in [0.25, 0.3) is 0 Å². The molecule has 2 N–H and O–H groups in total. The second-order valence-corrected chi connectivity index (χ2v) is 3.09. The van der Waals surface area contributed by atoms with Crippen molar-refractivity contribution >= 4 is 11.6 Å². The van der Waals surface area contributed by atoms with Crippen LogP contribution in [0.15, 0.2) is 37.1 Å². The quantitative estimate of drug-likeness (QED) is 0.745. The Kier molecular flexibility index (Phi) is 2.45. The van der Waals surface area contributed by atoms with Crippen molar-refractivity contribution in [2.75, 3.05) is 5.73 Å². The molecule has 0 bridgehead atoms. The Morgan fingerprint density at radius 2 is 2.33 bits per heavy atom. The van der Waals surface area contributed by atoms with Crippen molar-refractivity contribution < 1.29 is 4.79 Å². The van der Waals surface area contributed by atoms with Crippen LogP contribution in [0.25, 0.3) is 0 Å². The molecule has 5 heteroatoms. The molecule has 0 aliphatic rings. The van der Waals surface area contributed by atoms with Crippen LogP contribution in [0.1, 0.15) is 10.4 Å². The van der Waals surface area contributed by atoms with Crippen molar-refractivity contribution in [2.24, 2.45) is 0 Å². The molecule has 0 saturated heterocycles. The molecule has 0 aliphatic carbocycles. The van der Waals surface area contributed by atoms with Crippen LogP contribution in [0.2, 0.25) is 0 Å². The lowest BCUT2D eigenvalue weighted by atomic mass is 10.1. The van der Waals surface area contributed by atoms with Gasteiger partial charge in [0, 0.05) is 18.6 Å². The summed E-state index contributed by atoms with van der Waals surface area (Å²) in [5.41, 5.74) is 6.04. The van der Waals surface area contributed by atoms with Crippen molar-refractivity contribution in [2.45, 2.75) is 6.54 Å². The lowest BCUT2D eigenvalue weighted by Gasteiger charge is -2.03. The maximum atomic E-state index is 11.8. The maximum absolute atomic E-state index is 11.8. The lowest BCUT2D eigenvalue weighted by molar-refractivity contribution is 0.0972. The lowest BCUT2D eigenvalue weighted by Crippen LogP contribution is -2.11. The van der Waals surface area contributed by atoms with Gasteiger partial charge in [-0.1, -0.05) is 0 Å². The summed E-state index contributed by atoms with van der Waals surface area (Å²) in [5, 5.41) is 0. The van der Waals surface area contributed by atoms with E-state index in [1.165, 1.54) is 0 Å². The molecule has 0 saturated carbocycles. The average Bonchev–Trinajstić information content (AvgIpc) is 2.71. The molecule has 2 aromatic rings. The number of carbonyl (C=O) groups excluding carboxylic acids is 1. The van der Waals surface area contributed by atoms with Crippen LogP contribution in [0.5, 0.6) is 0 Å². The predicted molar refractivity (Wildman–Crippen MR) is 55.2 cm³/mol. The van der Waals surface area contributed by atoms with E-state index >= 15 is 0 Å². The molecule has 0 spiro atoms. The molecule has 0 amide bonds. The SMILES string of the molecule is Nc1ncccc1C(=O)Cn1ccnc1. The molecule has 0 aliphatic heterocycles. The summed E-state index contributed by atoms with van der Waals surface area (Å²) in [5.74, 6) is 0.196. The van der Waals surface area contributed by atoms with Gasteiger partial charge < -0.3 is 10.3 Å². The zero-order valence-electron chi connectivity index (χ0n) is 8.00. The summed E-state index contributed by atoms with van der Waals surface area (Å²) in [4.78, 5) is 19.5. The van der Waals surface area contributed by atoms with Gasteiger partial charge in [-0.3, -0.25) is 4.79 Å². The van der Waals surface area contributed by atoms with Crippen LogP contribution in [-0.4, -0.2) is 20.3 Å². The number of aromatic nitrogens is 3. The minimum absolute atomic E-state index is 0.0707. The maximum Gasteiger partial charge on any atom is 0.186 e. The van der Waals surface area contributed by atoms with E-state index in [1.807, 2.05) is 0 Å². The fourth-order valence-corrected chi connectivity index (χ4v) is 1.28. The van der Waals surface area contributed by atoms with Gasteiger partial charge in [-0.25, -0.2) is 9.97 Å². The van der Waals surface area contributed by atoms with Crippen LogP contribution in [0.4, 0.5) is 5.82 Å². The van der Waals surface area contributed by atoms with E-state index < -0.39 is 0 Å². The van der Waals surface area contributed by atoms with Gasteiger partial charge in [0.1, 0.15) is 5.82 Å². The number of hydrogen-bond acceptors (Lipinski definition) is 4. The average molecular weight is 202 g/mol. The number of pyridine rings is 1. The number of nitrogens with zero attached hydrogens (tertiary/aromatic N) is 3. The highest BCUT2D eigenvalue weighted by Crippen LogP contribution is 2.08. The third kappa shape index (κ3) is 2.01. The van der Waals surface area contributed by atoms with E-state index in [4.69, 9.17) is 5.73 Å². The van der Waals surface area contributed by atoms with Crippen LogP contribution >= 0.6 is 0 Å². The zero-order chi connectivity index (χ0) is 10.7. The molecule has 0 atom stereocenters. The smallest absolute Gasteiger partial charge is 0.186 e. The number of hydrogen-bond donors (Lipinski definition) is 1. The van der Waals surface area contributed by atoms with Gasteiger partial charge >= 0.3 is 0 Å². The molecule has 0 radical (unpaired) electrons. The second-order valence-electron chi connectivity index (χ2n) is 3.09. The molecule has 76 valence electrons. The first-order valence-electron chi connectivity index (χ1n) is 4.47. The van der Waals surface area contributed by atoms with E-state index in [0.29, 0.717) is 5.56 Å². The number of ketones is 1. The van der Waals surface area contributed by atoms with Crippen LogP contribution in [0.3, 0.4) is 0 Å². The first-order valence-corrected chi connectivity index (χ1v) is 4.47. The Balaban J connectivity index is 2.19. The number of anilines is 1. The Bertz CT molecular complexity index is 464. The highest BCUT2D eigenvalue weighted by atomic mass is 16.1. The molecule has 0 aromatic carbocycles. The molecule has 5 nitrogen and oxygen atoms in total. The molecule has 0 unspecified atom stereocenters. The number of imidazole rings is 1. The monoisotopic (exact) mass is 202 g/mol. The summed E-state index contributed by atoms with van der Waals surface area (Å²) in [7, 11) is 0. The van der Waals surface area contributed by atoms with Crippen molar-refractivity contribution in [1.82, 2.24) is 14.5 Å². The fourth-order valence-electron chi connectivity index (χ4n) is 1.28. The molecule has 2 rings (SSSR count). The third-order valence-electron chi connectivity index (χ3n) is 2.02. The largest absolute Gasteiger partial charge is 0.383 e. The standard InChI is InChI=1S/C10H10N4O/c11-10-8(2-1-3-13-10)9(15)6-14-5-4-12-7-14/h1-5,7H,6H2,(H2,11,13). The van der Waals surface area contributed by atoms with E-state index in [-0.39, 0.29) is 18.1 Å². The van der Waals surface area contributed by atoms with Crippen molar-refractivity contribution in [1.29, 1.82) is 0 Å². The highest BCUT2D eigenvalue weighted by Gasteiger charge is 2.09. The van der Waals surface area contributed by atoms with Gasteiger partial charge in [-0.05, 0) is 12.1 Å². The summed E-state index contributed by atoms with van der Waals surface area (Å²) < 4.78 is 1.69. The minimum Gasteiger partial charge on any atom is -0.383 e. The molecular formula is C10H10N4O. The molecule has 0 fully saturated rings. The first-order chi connectivity index (χ1) is 7.27. The van der Waals surface area contributed by atoms with Crippen LogP contribution < -0.4 is 5.73 Å². The predicted octanol–water partition coefficient (Wildman–Crippen LogP) is 0.743. The van der Waals surface area contributed by atoms with Crippen LogP contribution in [0, 0.1) is 0 Å². The topological polar surface area (TPSA) is 73.8 Å². The van der Waals surface area contributed by atoms with Gasteiger partial charge in [0.05, 0.1) is 18.4 Å². The van der Waals surface area contributed by atoms with Gasteiger partial charge in [-0.15, -0.1) is 0 Å².